The maximum Gasteiger partial charge on any atom is 0.282 e. The third-order valence-electron chi connectivity index (χ3n) is 2.90. The third-order valence-corrected chi connectivity index (χ3v) is 5.14. The molecule has 1 aliphatic heterocycles. The first kappa shape index (κ1) is 13.9. The summed E-state index contributed by atoms with van der Waals surface area (Å²) in [7, 11) is -3.34. The van der Waals surface area contributed by atoms with E-state index in [0.29, 0.717) is 39.3 Å². The minimum Gasteiger partial charge on any atom is -0.329 e. The Hall–Kier alpha value is -0.210. The predicted octanol–water partition coefficient (Wildman–Crippen LogP) is -1.19. The number of hydrogen-bond acceptors (Lipinski definition) is 4. The largest absolute Gasteiger partial charge is 0.329 e. The number of hydrogen-bond donors (Lipinski definition) is 2. The highest BCUT2D eigenvalue weighted by Gasteiger charge is 2.34. The van der Waals surface area contributed by atoms with Crippen LogP contribution in [0.4, 0.5) is 0 Å². The Morgan fingerprint density at radius 3 is 2.56 bits per heavy atom. The summed E-state index contributed by atoms with van der Waals surface area (Å²) in [4.78, 5) is 0. The van der Waals surface area contributed by atoms with Crippen molar-refractivity contribution in [3.8, 4) is 0 Å². The molecule has 16 heavy (non-hydrogen) atoms. The normalized spacial score (nSPS) is 23.9. The van der Waals surface area contributed by atoms with E-state index in [0.717, 1.165) is 0 Å². The minimum atomic E-state index is -3.34. The highest BCUT2D eigenvalue weighted by molar-refractivity contribution is 7.86. The molecule has 0 radical (unpaired) electrons. The molecule has 0 aromatic heterocycles. The van der Waals surface area contributed by atoms with Crippen molar-refractivity contribution >= 4 is 10.2 Å². The van der Waals surface area contributed by atoms with E-state index in [1.807, 2.05) is 13.8 Å². The molecular weight excluding hydrogens is 228 g/mol. The van der Waals surface area contributed by atoms with E-state index in [4.69, 9.17) is 5.73 Å². The van der Waals surface area contributed by atoms with Gasteiger partial charge in [0.05, 0.1) is 6.04 Å². The van der Waals surface area contributed by atoms with Crippen LogP contribution >= 0.6 is 0 Å². The van der Waals surface area contributed by atoms with Crippen LogP contribution in [0, 0.1) is 0 Å². The van der Waals surface area contributed by atoms with Gasteiger partial charge in [0.2, 0.25) is 0 Å². The predicted molar refractivity (Wildman–Crippen MR) is 64.3 cm³/mol. The first-order valence-electron chi connectivity index (χ1n) is 5.75. The first-order chi connectivity index (χ1) is 7.57. The summed E-state index contributed by atoms with van der Waals surface area (Å²) < 4.78 is 27.6. The van der Waals surface area contributed by atoms with Gasteiger partial charge in [-0.15, -0.1) is 0 Å². The van der Waals surface area contributed by atoms with E-state index in [-0.39, 0.29) is 6.04 Å². The highest BCUT2D eigenvalue weighted by Crippen LogP contribution is 2.13. The molecule has 1 rings (SSSR count). The Morgan fingerprint density at radius 1 is 1.44 bits per heavy atom. The van der Waals surface area contributed by atoms with E-state index in [2.05, 4.69) is 5.32 Å². The highest BCUT2D eigenvalue weighted by atomic mass is 32.2. The van der Waals surface area contributed by atoms with Crippen molar-refractivity contribution in [1.29, 1.82) is 0 Å². The van der Waals surface area contributed by atoms with Crippen molar-refractivity contribution in [2.45, 2.75) is 19.9 Å². The van der Waals surface area contributed by atoms with Crippen LogP contribution in [0.25, 0.3) is 0 Å². The molecule has 0 spiro atoms. The smallest absolute Gasteiger partial charge is 0.282 e. The second-order valence-electron chi connectivity index (χ2n) is 3.80. The molecule has 7 heteroatoms. The van der Waals surface area contributed by atoms with Gasteiger partial charge in [0, 0.05) is 39.3 Å². The zero-order valence-corrected chi connectivity index (χ0v) is 10.8. The second-order valence-corrected chi connectivity index (χ2v) is 5.68. The van der Waals surface area contributed by atoms with Gasteiger partial charge in [-0.05, 0) is 0 Å². The molecule has 0 aliphatic carbocycles. The summed E-state index contributed by atoms with van der Waals surface area (Å²) in [5, 5.41) is 3.16. The number of nitrogens with zero attached hydrogens (tertiary/aromatic N) is 2. The Morgan fingerprint density at radius 2 is 2.06 bits per heavy atom. The van der Waals surface area contributed by atoms with Gasteiger partial charge in [-0.25, -0.2) is 0 Å². The average molecular weight is 250 g/mol. The lowest BCUT2D eigenvalue weighted by Gasteiger charge is -2.37. The summed E-state index contributed by atoms with van der Waals surface area (Å²) in [5.41, 5.74) is 5.61. The van der Waals surface area contributed by atoms with Crippen LogP contribution in [0.2, 0.25) is 0 Å². The molecule has 0 bridgehead atoms. The topological polar surface area (TPSA) is 78.7 Å². The molecular formula is C9H22N4O2S. The van der Waals surface area contributed by atoms with Crippen LogP contribution in [0.3, 0.4) is 0 Å². The van der Waals surface area contributed by atoms with Crippen LogP contribution in [-0.4, -0.2) is 62.3 Å². The van der Waals surface area contributed by atoms with Crippen molar-refractivity contribution in [3.63, 3.8) is 0 Å². The van der Waals surface area contributed by atoms with Crippen LogP contribution < -0.4 is 11.1 Å². The second kappa shape index (κ2) is 5.92. The Bertz CT molecular complexity index is 303. The van der Waals surface area contributed by atoms with Crippen LogP contribution in [0.15, 0.2) is 0 Å². The molecule has 0 aromatic carbocycles. The molecule has 1 atom stereocenters. The molecule has 0 aromatic rings. The molecule has 1 unspecified atom stereocenters. The average Bonchev–Trinajstić information content (AvgIpc) is 2.30. The summed E-state index contributed by atoms with van der Waals surface area (Å²) in [5.74, 6) is 0. The fourth-order valence-electron chi connectivity index (χ4n) is 1.95. The lowest BCUT2D eigenvalue weighted by molar-refractivity contribution is 0.251. The van der Waals surface area contributed by atoms with E-state index in [1.54, 1.807) is 0 Å². The van der Waals surface area contributed by atoms with Gasteiger partial charge in [0.25, 0.3) is 10.2 Å². The van der Waals surface area contributed by atoms with Gasteiger partial charge in [0.1, 0.15) is 0 Å². The van der Waals surface area contributed by atoms with Crippen molar-refractivity contribution in [3.05, 3.63) is 0 Å². The standard InChI is InChI=1S/C9H22N4O2S/c1-3-12(4-2)16(14,15)13-6-5-11-8-9(13)7-10/h9,11H,3-8,10H2,1-2H3. The van der Waals surface area contributed by atoms with Crippen LogP contribution in [0.1, 0.15) is 13.8 Å². The molecule has 1 aliphatic rings. The number of nitrogens with two attached hydrogens (primary N) is 1. The Kier molecular flexibility index (Phi) is 5.13. The van der Waals surface area contributed by atoms with Gasteiger partial charge in [-0.2, -0.15) is 17.0 Å². The number of rotatable bonds is 5. The van der Waals surface area contributed by atoms with Crippen LogP contribution in [0.5, 0.6) is 0 Å². The molecule has 1 heterocycles. The van der Waals surface area contributed by atoms with E-state index in [9.17, 15) is 8.42 Å². The fraction of sp³-hybridized carbons (Fsp3) is 1.00. The monoisotopic (exact) mass is 250 g/mol. The van der Waals surface area contributed by atoms with Gasteiger partial charge in [-0.3, -0.25) is 0 Å². The maximum absolute atomic E-state index is 12.3. The van der Waals surface area contributed by atoms with Gasteiger partial charge < -0.3 is 11.1 Å². The summed E-state index contributed by atoms with van der Waals surface area (Å²) in [6.45, 7) is 6.88. The molecule has 6 nitrogen and oxygen atoms in total. The van der Waals surface area contributed by atoms with E-state index >= 15 is 0 Å². The summed E-state index contributed by atoms with van der Waals surface area (Å²) >= 11 is 0. The summed E-state index contributed by atoms with van der Waals surface area (Å²) in [6.07, 6.45) is 0. The molecule has 3 N–H and O–H groups in total. The molecule has 0 amide bonds. The minimum absolute atomic E-state index is 0.126. The summed E-state index contributed by atoms with van der Waals surface area (Å²) in [6, 6.07) is -0.126. The van der Waals surface area contributed by atoms with E-state index < -0.39 is 10.2 Å². The van der Waals surface area contributed by atoms with Crippen molar-refractivity contribution in [2.75, 3.05) is 39.3 Å². The zero-order valence-electron chi connectivity index (χ0n) is 10.0. The van der Waals surface area contributed by atoms with Crippen molar-refractivity contribution in [2.24, 2.45) is 5.73 Å². The molecule has 0 saturated carbocycles. The first-order valence-corrected chi connectivity index (χ1v) is 7.15. The number of nitrogens with one attached hydrogen (secondary N) is 1. The lowest BCUT2D eigenvalue weighted by atomic mass is 10.2. The Balaban J connectivity index is 2.87. The SMILES string of the molecule is CCN(CC)S(=O)(=O)N1CCNCC1CN. The van der Waals surface area contributed by atoms with Gasteiger partial charge >= 0.3 is 0 Å². The molecule has 1 fully saturated rings. The quantitative estimate of drug-likeness (QED) is 0.643. The molecule has 96 valence electrons. The third kappa shape index (κ3) is 2.72. The van der Waals surface area contributed by atoms with Crippen molar-refractivity contribution in [1.82, 2.24) is 13.9 Å². The van der Waals surface area contributed by atoms with Gasteiger partial charge in [0.15, 0.2) is 0 Å². The fourth-order valence-corrected chi connectivity index (χ4v) is 3.75. The van der Waals surface area contributed by atoms with E-state index in [1.165, 1.54) is 8.61 Å². The van der Waals surface area contributed by atoms with Crippen LogP contribution in [-0.2, 0) is 10.2 Å². The number of piperazine rings is 1. The maximum atomic E-state index is 12.3. The molecule has 1 saturated heterocycles. The lowest BCUT2D eigenvalue weighted by Crippen LogP contribution is -2.59. The zero-order chi connectivity index (χ0) is 12.2. The van der Waals surface area contributed by atoms with Gasteiger partial charge in [-0.1, -0.05) is 13.8 Å². The Labute approximate surface area is 98.0 Å². The van der Waals surface area contributed by atoms with Crippen molar-refractivity contribution < 1.29 is 8.42 Å².